The Morgan fingerprint density at radius 2 is 2.04 bits per heavy atom. The Morgan fingerprint density at radius 3 is 2.73 bits per heavy atom. The van der Waals surface area contributed by atoms with E-state index in [1.54, 1.807) is 6.07 Å². The number of nitrogens with zero attached hydrogens (tertiary/aromatic N) is 1. The van der Waals surface area contributed by atoms with Gasteiger partial charge >= 0.3 is 5.97 Å². The molecule has 6 nitrogen and oxygen atoms in total. The number of carbonyl (C=O) groups is 2. The van der Waals surface area contributed by atoms with E-state index in [0.717, 1.165) is 36.5 Å². The van der Waals surface area contributed by atoms with Crippen LogP contribution < -0.4 is 5.32 Å². The Labute approximate surface area is 153 Å². The maximum atomic E-state index is 12.4. The van der Waals surface area contributed by atoms with Gasteiger partial charge in [0.25, 0.3) is 5.91 Å². The first-order chi connectivity index (χ1) is 12.6. The second-order valence-electron chi connectivity index (χ2n) is 6.47. The molecule has 1 fully saturated rings. The van der Waals surface area contributed by atoms with Crippen molar-refractivity contribution in [2.45, 2.75) is 32.8 Å². The van der Waals surface area contributed by atoms with Gasteiger partial charge in [-0.25, -0.2) is 4.79 Å². The van der Waals surface area contributed by atoms with Gasteiger partial charge in [-0.05, 0) is 44.9 Å². The normalized spacial score (nSPS) is 16.5. The van der Waals surface area contributed by atoms with Gasteiger partial charge in [0.2, 0.25) is 0 Å². The summed E-state index contributed by atoms with van der Waals surface area (Å²) in [5, 5.41) is 2.74. The third-order valence-corrected chi connectivity index (χ3v) is 4.55. The monoisotopic (exact) mass is 356 g/mol. The molecule has 1 amide bonds. The van der Waals surface area contributed by atoms with Crippen molar-refractivity contribution in [2.75, 3.05) is 19.8 Å². The van der Waals surface area contributed by atoms with Gasteiger partial charge in [0, 0.05) is 30.2 Å². The van der Waals surface area contributed by atoms with E-state index in [9.17, 15) is 9.59 Å². The second kappa shape index (κ2) is 8.19. The van der Waals surface area contributed by atoms with Crippen LogP contribution in [0.1, 0.15) is 34.6 Å². The SMILES string of the molecule is Cc1cc(C(=O)OCC(=O)NC[C@@H]2CCCO2)c(C)n1-c1ccccc1. The van der Waals surface area contributed by atoms with Crippen LogP contribution in [0.2, 0.25) is 0 Å². The lowest BCUT2D eigenvalue weighted by Crippen LogP contribution is -2.34. The van der Waals surface area contributed by atoms with Crippen molar-refractivity contribution >= 4 is 11.9 Å². The quantitative estimate of drug-likeness (QED) is 0.808. The molecule has 3 rings (SSSR count). The first-order valence-corrected chi connectivity index (χ1v) is 8.86. The molecule has 0 spiro atoms. The molecule has 0 bridgehead atoms. The molecule has 0 radical (unpaired) electrons. The van der Waals surface area contributed by atoms with Crippen LogP contribution >= 0.6 is 0 Å². The van der Waals surface area contributed by atoms with E-state index in [-0.39, 0.29) is 18.6 Å². The third-order valence-electron chi connectivity index (χ3n) is 4.55. The molecule has 1 aromatic heterocycles. The smallest absolute Gasteiger partial charge is 0.340 e. The number of nitrogens with one attached hydrogen (secondary N) is 1. The molecule has 1 atom stereocenters. The standard InChI is InChI=1S/C20H24N2O4/c1-14-11-18(15(2)22(14)16-7-4-3-5-8-16)20(24)26-13-19(23)21-12-17-9-6-10-25-17/h3-5,7-8,11,17H,6,9-10,12-13H2,1-2H3,(H,21,23)/t17-/m0/s1. The highest BCUT2D eigenvalue weighted by atomic mass is 16.5. The van der Waals surface area contributed by atoms with E-state index in [0.29, 0.717) is 12.1 Å². The number of benzene rings is 1. The van der Waals surface area contributed by atoms with E-state index in [1.807, 2.05) is 48.7 Å². The number of esters is 1. The number of rotatable bonds is 6. The lowest BCUT2D eigenvalue weighted by Gasteiger charge is -2.11. The van der Waals surface area contributed by atoms with E-state index < -0.39 is 5.97 Å². The summed E-state index contributed by atoms with van der Waals surface area (Å²) in [6, 6.07) is 11.6. The van der Waals surface area contributed by atoms with Crippen molar-refractivity contribution in [3.8, 4) is 5.69 Å². The summed E-state index contributed by atoms with van der Waals surface area (Å²) in [7, 11) is 0. The minimum atomic E-state index is -0.493. The molecule has 1 saturated heterocycles. The molecule has 2 aromatic rings. The van der Waals surface area contributed by atoms with Crippen LogP contribution in [0.4, 0.5) is 0 Å². The summed E-state index contributed by atoms with van der Waals surface area (Å²) >= 11 is 0. The molecule has 1 aromatic carbocycles. The predicted octanol–water partition coefficient (Wildman–Crippen LogP) is 2.55. The number of hydrogen-bond acceptors (Lipinski definition) is 4. The highest BCUT2D eigenvalue weighted by Crippen LogP contribution is 2.21. The average molecular weight is 356 g/mol. The number of aromatic nitrogens is 1. The topological polar surface area (TPSA) is 69.6 Å². The zero-order chi connectivity index (χ0) is 18.5. The van der Waals surface area contributed by atoms with E-state index >= 15 is 0 Å². The molecule has 1 N–H and O–H groups in total. The summed E-state index contributed by atoms with van der Waals surface area (Å²) in [6.45, 7) is 4.71. The zero-order valence-corrected chi connectivity index (χ0v) is 15.2. The Hall–Kier alpha value is -2.60. The molecule has 2 heterocycles. The third kappa shape index (κ3) is 4.14. The molecule has 138 valence electrons. The van der Waals surface area contributed by atoms with Gasteiger partial charge in [-0.3, -0.25) is 4.79 Å². The summed E-state index contributed by atoms with van der Waals surface area (Å²) in [5.41, 5.74) is 3.18. The summed E-state index contributed by atoms with van der Waals surface area (Å²) in [4.78, 5) is 24.3. The van der Waals surface area contributed by atoms with E-state index in [2.05, 4.69) is 5.32 Å². The van der Waals surface area contributed by atoms with Crippen LogP contribution in [0.15, 0.2) is 36.4 Å². The predicted molar refractivity (Wildman–Crippen MR) is 97.5 cm³/mol. The highest BCUT2D eigenvalue weighted by molar-refractivity contribution is 5.93. The first kappa shape index (κ1) is 18.2. The van der Waals surface area contributed by atoms with Crippen molar-refractivity contribution in [2.24, 2.45) is 0 Å². The Morgan fingerprint density at radius 1 is 1.27 bits per heavy atom. The fourth-order valence-electron chi connectivity index (χ4n) is 3.24. The number of hydrogen-bond donors (Lipinski definition) is 1. The van der Waals surface area contributed by atoms with Crippen LogP contribution in [0.25, 0.3) is 5.69 Å². The van der Waals surface area contributed by atoms with Crippen LogP contribution in [0.5, 0.6) is 0 Å². The number of aryl methyl sites for hydroxylation is 1. The van der Waals surface area contributed by atoms with Crippen molar-refractivity contribution in [1.82, 2.24) is 9.88 Å². The van der Waals surface area contributed by atoms with Crippen molar-refractivity contribution < 1.29 is 19.1 Å². The summed E-state index contributed by atoms with van der Waals surface area (Å²) in [6.07, 6.45) is 2.04. The lowest BCUT2D eigenvalue weighted by atomic mass is 10.2. The molecule has 1 aliphatic rings. The van der Waals surface area contributed by atoms with Crippen LogP contribution in [-0.4, -0.2) is 42.3 Å². The van der Waals surface area contributed by atoms with Gasteiger partial charge in [0.05, 0.1) is 11.7 Å². The van der Waals surface area contributed by atoms with Gasteiger partial charge in [0.15, 0.2) is 6.61 Å². The number of ether oxygens (including phenoxy) is 2. The Bertz CT molecular complexity index is 777. The highest BCUT2D eigenvalue weighted by Gasteiger charge is 2.20. The van der Waals surface area contributed by atoms with E-state index in [4.69, 9.17) is 9.47 Å². The van der Waals surface area contributed by atoms with E-state index in [1.165, 1.54) is 0 Å². The largest absolute Gasteiger partial charge is 0.452 e. The molecule has 1 aliphatic heterocycles. The fraction of sp³-hybridized carbons (Fsp3) is 0.400. The molecule has 0 aliphatic carbocycles. The fourth-order valence-corrected chi connectivity index (χ4v) is 3.24. The minimum absolute atomic E-state index is 0.0689. The Kier molecular flexibility index (Phi) is 5.73. The van der Waals surface area contributed by atoms with Gasteiger partial charge in [-0.15, -0.1) is 0 Å². The van der Waals surface area contributed by atoms with Crippen molar-refractivity contribution in [3.63, 3.8) is 0 Å². The van der Waals surface area contributed by atoms with Crippen LogP contribution in [0, 0.1) is 13.8 Å². The van der Waals surface area contributed by atoms with Crippen molar-refractivity contribution in [1.29, 1.82) is 0 Å². The number of amides is 1. The van der Waals surface area contributed by atoms with Crippen molar-refractivity contribution in [3.05, 3.63) is 53.3 Å². The van der Waals surface area contributed by atoms with Gasteiger partial charge in [0.1, 0.15) is 0 Å². The average Bonchev–Trinajstić information content (AvgIpc) is 3.26. The molecular formula is C20H24N2O4. The first-order valence-electron chi connectivity index (χ1n) is 8.86. The molecule has 6 heteroatoms. The second-order valence-corrected chi connectivity index (χ2v) is 6.47. The number of carbonyl (C=O) groups excluding carboxylic acids is 2. The van der Waals surface area contributed by atoms with Gasteiger partial charge in [-0.2, -0.15) is 0 Å². The molecule has 0 unspecified atom stereocenters. The maximum absolute atomic E-state index is 12.4. The number of para-hydroxylation sites is 1. The van der Waals surface area contributed by atoms with Gasteiger partial charge in [-0.1, -0.05) is 18.2 Å². The molecule has 0 saturated carbocycles. The van der Waals surface area contributed by atoms with Gasteiger partial charge < -0.3 is 19.4 Å². The summed E-state index contributed by atoms with van der Waals surface area (Å²) < 4.78 is 12.6. The minimum Gasteiger partial charge on any atom is -0.452 e. The molecule has 26 heavy (non-hydrogen) atoms. The molecular weight excluding hydrogens is 332 g/mol. The van der Waals surface area contributed by atoms with Crippen LogP contribution in [-0.2, 0) is 14.3 Å². The maximum Gasteiger partial charge on any atom is 0.340 e. The summed E-state index contributed by atoms with van der Waals surface area (Å²) in [5.74, 6) is -0.807. The van der Waals surface area contributed by atoms with Crippen LogP contribution in [0.3, 0.4) is 0 Å². The lowest BCUT2D eigenvalue weighted by molar-refractivity contribution is -0.124. The Balaban J connectivity index is 1.59. The zero-order valence-electron chi connectivity index (χ0n) is 15.2.